The van der Waals surface area contributed by atoms with E-state index in [2.05, 4.69) is 4.84 Å². The van der Waals surface area contributed by atoms with Crippen LogP contribution in [0.3, 0.4) is 0 Å². The first kappa shape index (κ1) is 13.6. The summed E-state index contributed by atoms with van der Waals surface area (Å²) in [5.74, 6) is -2.00. The highest BCUT2D eigenvalue weighted by atomic mass is 16.7. The Bertz CT molecular complexity index is 499. The van der Waals surface area contributed by atoms with Crippen LogP contribution in [0.25, 0.3) is 0 Å². The maximum absolute atomic E-state index is 11.5. The molecule has 0 aliphatic rings. The number of nitro benzene ring substituents is 1. The topological polar surface area (TPSA) is 119 Å². The fourth-order valence-corrected chi connectivity index (χ4v) is 1.17. The lowest BCUT2D eigenvalue weighted by atomic mass is 10.1. The zero-order valence-corrected chi connectivity index (χ0v) is 9.37. The van der Waals surface area contributed by atoms with Crippen LogP contribution in [-0.4, -0.2) is 28.5 Å². The number of aryl methyl sites for hydroxylation is 1. The number of hydroxylamine groups is 1. The molecular weight excluding hydrogens is 244 g/mol. The van der Waals surface area contributed by atoms with Crippen molar-refractivity contribution in [3.8, 4) is 0 Å². The Balaban J connectivity index is 2.77. The minimum Gasteiger partial charge on any atom is -0.479 e. The molecule has 18 heavy (non-hydrogen) atoms. The zero-order chi connectivity index (χ0) is 13.7. The Morgan fingerprint density at radius 3 is 2.72 bits per heavy atom. The van der Waals surface area contributed by atoms with Crippen LogP contribution in [0, 0.1) is 17.0 Å². The van der Waals surface area contributed by atoms with Gasteiger partial charge < -0.3 is 5.11 Å². The van der Waals surface area contributed by atoms with Gasteiger partial charge in [0.2, 0.25) is 0 Å². The molecule has 1 aromatic carbocycles. The van der Waals surface area contributed by atoms with Gasteiger partial charge in [0.15, 0.2) is 6.61 Å². The molecule has 0 aromatic heterocycles. The lowest BCUT2D eigenvalue weighted by molar-refractivity contribution is -0.385. The highest BCUT2D eigenvalue weighted by Gasteiger charge is 2.15. The Morgan fingerprint density at radius 1 is 1.50 bits per heavy atom. The molecule has 8 heteroatoms. The van der Waals surface area contributed by atoms with Gasteiger partial charge in [-0.15, -0.1) is 0 Å². The smallest absolute Gasteiger partial charge is 0.332 e. The monoisotopic (exact) mass is 254 g/mol. The summed E-state index contributed by atoms with van der Waals surface area (Å²) in [7, 11) is 0. The highest BCUT2D eigenvalue weighted by molar-refractivity contribution is 5.94. The first-order valence-electron chi connectivity index (χ1n) is 4.80. The van der Waals surface area contributed by atoms with E-state index in [1.807, 2.05) is 5.48 Å². The molecule has 0 radical (unpaired) electrons. The number of aliphatic carboxylic acids is 1. The summed E-state index contributed by atoms with van der Waals surface area (Å²) in [4.78, 5) is 36.0. The van der Waals surface area contributed by atoms with Gasteiger partial charge in [-0.25, -0.2) is 10.3 Å². The van der Waals surface area contributed by atoms with Gasteiger partial charge in [-0.1, -0.05) is 6.07 Å². The summed E-state index contributed by atoms with van der Waals surface area (Å²) < 4.78 is 0. The van der Waals surface area contributed by atoms with Gasteiger partial charge >= 0.3 is 5.97 Å². The number of carboxylic acids is 1. The van der Waals surface area contributed by atoms with Crippen molar-refractivity contribution in [2.45, 2.75) is 6.92 Å². The van der Waals surface area contributed by atoms with E-state index in [9.17, 15) is 19.7 Å². The molecule has 0 saturated carbocycles. The largest absolute Gasteiger partial charge is 0.479 e. The van der Waals surface area contributed by atoms with E-state index in [0.717, 1.165) is 6.07 Å². The molecule has 1 aromatic rings. The second-order valence-electron chi connectivity index (χ2n) is 3.37. The van der Waals surface area contributed by atoms with Crippen molar-refractivity contribution >= 4 is 17.6 Å². The van der Waals surface area contributed by atoms with Crippen LogP contribution in [0.5, 0.6) is 0 Å². The van der Waals surface area contributed by atoms with Gasteiger partial charge in [0, 0.05) is 17.2 Å². The number of nitro groups is 1. The van der Waals surface area contributed by atoms with Crippen LogP contribution in [0.15, 0.2) is 18.2 Å². The van der Waals surface area contributed by atoms with Crippen LogP contribution in [0.1, 0.15) is 15.9 Å². The van der Waals surface area contributed by atoms with Crippen LogP contribution < -0.4 is 5.48 Å². The first-order chi connectivity index (χ1) is 8.41. The molecule has 1 rings (SSSR count). The van der Waals surface area contributed by atoms with E-state index in [1.54, 1.807) is 6.92 Å². The molecule has 0 aliphatic carbocycles. The van der Waals surface area contributed by atoms with Crippen molar-refractivity contribution in [1.82, 2.24) is 5.48 Å². The Hall–Kier alpha value is -2.48. The summed E-state index contributed by atoms with van der Waals surface area (Å²) in [6.07, 6.45) is 0. The van der Waals surface area contributed by atoms with Crippen molar-refractivity contribution in [2.75, 3.05) is 6.61 Å². The van der Waals surface area contributed by atoms with Crippen LogP contribution >= 0.6 is 0 Å². The molecule has 0 fully saturated rings. The zero-order valence-electron chi connectivity index (χ0n) is 9.37. The lowest BCUT2D eigenvalue weighted by Crippen LogP contribution is -2.26. The molecule has 0 bridgehead atoms. The molecule has 1 amide bonds. The third-order valence-corrected chi connectivity index (χ3v) is 2.03. The van der Waals surface area contributed by atoms with Crippen molar-refractivity contribution in [3.63, 3.8) is 0 Å². The number of carbonyl (C=O) groups excluding carboxylic acids is 1. The summed E-state index contributed by atoms with van der Waals surface area (Å²) in [6.45, 7) is 0.848. The summed E-state index contributed by atoms with van der Waals surface area (Å²) in [6, 6.07) is 3.89. The normalized spacial score (nSPS) is 9.83. The molecule has 8 nitrogen and oxygen atoms in total. The Morgan fingerprint density at radius 2 is 2.17 bits per heavy atom. The Kier molecular flexibility index (Phi) is 4.33. The summed E-state index contributed by atoms with van der Waals surface area (Å²) >= 11 is 0. The number of hydrogen-bond donors (Lipinski definition) is 2. The third kappa shape index (κ3) is 3.52. The Labute approximate surface area is 101 Å². The first-order valence-corrected chi connectivity index (χ1v) is 4.80. The summed E-state index contributed by atoms with van der Waals surface area (Å²) in [5, 5.41) is 18.9. The van der Waals surface area contributed by atoms with Crippen molar-refractivity contribution in [1.29, 1.82) is 0 Å². The fourth-order valence-electron chi connectivity index (χ4n) is 1.17. The van der Waals surface area contributed by atoms with Gasteiger partial charge in [-0.3, -0.25) is 19.7 Å². The minimum absolute atomic E-state index is 0.0117. The van der Waals surface area contributed by atoms with E-state index in [1.165, 1.54) is 12.1 Å². The minimum atomic E-state index is -1.25. The van der Waals surface area contributed by atoms with Gasteiger partial charge in [-0.05, 0) is 13.0 Å². The molecule has 96 valence electrons. The second-order valence-corrected chi connectivity index (χ2v) is 3.37. The second kappa shape index (κ2) is 5.73. The van der Waals surface area contributed by atoms with Gasteiger partial charge in [-0.2, -0.15) is 0 Å². The number of nitrogens with one attached hydrogen (secondary N) is 1. The molecule has 0 spiro atoms. The van der Waals surface area contributed by atoms with Gasteiger partial charge in [0.25, 0.3) is 11.6 Å². The van der Waals surface area contributed by atoms with E-state index < -0.39 is 23.4 Å². The average molecular weight is 254 g/mol. The predicted molar refractivity (Wildman–Crippen MR) is 58.9 cm³/mol. The average Bonchev–Trinajstić information content (AvgIpc) is 2.28. The van der Waals surface area contributed by atoms with Gasteiger partial charge in [0.1, 0.15) is 0 Å². The van der Waals surface area contributed by atoms with Crippen molar-refractivity contribution in [3.05, 3.63) is 39.4 Å². The standard InChI is InChI=1S/C10H10N2O6/c1-6-2-3-7(4-8(6)12(16)17)10(15)11-18-5-9(13)14/h2-4H,5H2,1H3,(H,11,15)(H,13,14). The van der Waals surface area contributed by atoms with Gasteiger partial charge in [0.05, 0.1) is 4.92 Å². The maximum atomic E-state index is 11.5. The van der Waals surface area contributed by atoms with E-state index in [-0.39, 0.29) is 11.3 Å². The predicted octanol–water partition coefficient (Wildman–Crippen LogP) is 0.649. The number of carboxylic acid groups (broad SMARTS) is 1. The third-order valence-electron chi connectivity index (χ3n) is 2.03. The van der Waals surface area contributed by atoms with E-state index in [4.69, 9.17) is 5.11 Å². The molecule has 2 N–H and O–H groups in total. The number of rotatable bonds is 5. The van der Waals surface area contributed by atoms with Crippen LogP contribution in [-0.2, 0) is 9.63 Å². The number of nitrogens with zero attached hydrogens (tertiary/aromatic N) is 1. The number of amides is 1. The highest BCUT2D eigenvalue weighted by Crippen LogP contribution is 2.19. The summed E-state index contributed by atoms with van der Waals surface area (Å²) in [5.41, 5.74) is 2.11. The van der Waals surface area contributed by atoms with E-state index in [0.29, 0.717) is 5.56 Å². The molecule has 0 aliphatic heterocycles. The number of benzene rings is 1. The van der Waals surface area contributed by atoms with E-state index >= 15 is 0 Å². The fraction of sp³-hybridized carbons (Fsp3) is 0.200. The lowest BCUT2D eigenvalue weighted by Gasteiger charge is -2.04. The number of carbonyl (C=O) groups is 2. The molecular formula is C10H10N2O6. The van der Waals surface area contributed by atoms with Crippen LogP contribution in [0.4, 0.5) is 5.69 Å². The van der Waals surface area contributed by atoms with Crippen molar-refractivity contribution in [2.24, 2.45) is 0 Å². The quantitative estimate of drug-likeness (QED) is 0.588. The molecule has 0 atom stereocenters. The molecule has 0 saturated heterocycles. The number of hydrogen-bond acceptors (Lipinski definition) is 5. The maximum Gasteiger partial charge on any atom is 0.332 e. The van der Waals surface area contributed by atoms with Crippen molar-refractivity contribution < 1.29 is 24.5 Å². The molecule has 0 unspecified atom stereocenters. The molecule has 0 heterocycles. The SMILES string of the molecule is Cc1ccc(C(=O)NOCC(=O)O)cc1[N+](=O)[O-]. The van der Waals surface area contributed by atoms with Crippen LogP contribution in [0.2, 0.25) is 0 Å².